The predicted octanol–water partition coefficient (Wildman–Crippen LogP) is 1.03. The van der Waals surface area contributed by atoms with Crippen LogP contribution in [-0.2, 0) is 4.74 Å². The Morgan fingerprint density at radius 3 is 3.33 bits per heavy atom. The van der Waals surface area contributed by atoms with E-state index < -0.39 is 0 Å². The van der Waals surface area contributed by atoms with E-state index >= 15 is 0 Å². The average Bonchev–Trinajstić information content (AvgIpc) is 2.00. The molecule has 0 aliphatic carbocycles. The molecule has 0 bridgehead atoms. The molecule has 0 atom stereocenters. The Hall–Kier alpha value is -0.630. The molecule has 1 heterocycles. The van der Waals surface area contributed by atoms with Crippen LogP contribution in [0, 0.1) is 0 Å². The first-order chi connectivity index (χ1) is 4.50. The third kappa shape index (κ3) is 3.03. The van der Waals surface area contributed by atoms with Crippen molar-refractivity contribution in [1.29, 1.82) is 0 Å². The molecule has 9 heavy (non-hydrogen) atoms. The molecular weight excluding hydrogens is 114 g/mol. The molecule has 50 valence electrons. The fourth-order valence-electron chi connectivity index (χ4n) is 0.668. The molecule has 2 heteroatoms. The Labute approximate surface area is 55.2 Å². The van der Waals surface area contributed by atoms with Crippen molar-refractivity contribution < 1.29 is 4.74 Å². The second kappa shape index (κ2) is 4.27. The smallest absolute Gasteiger partial charge is 0.0814 e. The topological polar surface area (TPSA) is 21.6 Å². The minimum atomic E-state index is 0.668. The maximum absolute atomic E-state index is 5.15. The van der Waals surface area contributed by atoms with Crippen LogP contribution in [0.4, 0.5) is 0 Å². The summed E-state index contributed by atoms with van der Waals surface area (Å²) in [6, 6.07) is 0. The second-order valence-electron chi connectivity index (χ2n) is 1.88. The van der Waals surface area contributed by atoms with Gasteiger partial charge in [0.2, 0.25) is 0 Å². The zero-order chi connectivity index (χ0) is 6.36. The van der Waals surface area contributed by atoms with Gasteiger partial charge in [0.1, 0.15) is 0 Å². The standard InChI is InChI=1S/C7H11NO/c1-2-4-8-5-7-9-6-3-1/h1-2,5H,3-4,6-7H2. The zero-order valence-electron chi connectivity index (χ0n) is 5.42. The van der Waals surface area contributed by atoms with E-state index in [-0.39, 0.29) is 0 Å². The van der Waals surface area contributed by atoms with Crippen LogP contribution in [0.15, 0.2) is 17.1 Å². The van der Waals surface area contributed by atoms with Crippen LogP contribution in [0.5, 0.6) is 0 Å². The van der Waals surface area contributed by atoms with Crippen molar-refractivity contribution in [1.82, 2.24) is 0 Å². The lowest BCUT2D eigenvalue weighted by molar-refractivity contribution is 0.180. The Kier molecular flexibility index (Phi) is 3.08. The van der Waals surface area contributed by atoms with Gasteiger partial charge in [0.15, 0.2) is 0 Å². The molecule has 0 unspecified atom stereocenters. The molecular formula is C7H11NO. The van der Waals surface area contributed by atoms with E-state index in [4.69, 9.17) is 4.74 Å². The Morgan fingerprint density at radius 2 is 2.33 bits per heavy atom. The molecule has 0 aromatic carbocycles. The molecule has 0 saturated heterocycles. The maximum Gasteiger partial charge on any atom is 0.0814 e. The molecule has 2 nitrogen and oxygen atoms in total. The van der Waals surface area contributed by atoms with Gasteiger partial charge in [0.05, 0.1) is 19.8 Å². The molecule has 1 aliphatic rings. The number of aliphatic imine (C=N–C) groups is 1. The molecule has 0 saturated carbocycles. The minimum absolute atomic E-state index is 0.668. The van der Waals surface area contributed by atoms with Crippen LogP contribution in [-0.4, -0.2) is 26.0 Å². The molecule has 0 aromatic heterocycles. The highest BCUT2D eigenvalue weighted by atomic mass is 16.5. The van der Waals surface area contributed by atoms with Crippen molar-refractivity contribution in [2.75, 3.05) is 19.8 Å². The van der Waals surface area contributed by atoms with Crippen LogP contribution in [0.3, 0.4) is 0 Å². The van der Waals surface area contributed by atoms with Gasteiger partial charge in [-0.1, -0.05) is 12.2 Å². The largest absolute Gasteiger partial charge is 0.376 e. The van der Waals surface area contributed by atoms with Gasteiger partial charge in [0, 0.05) is 6.21 Å². The SMILES string of the molecule is C1=CCN=CCOCC1. The van der Waals surface area contributed by atoms with E-state index in [9.17, 15) is 0 Å². The van der Waals surface area contributed by atoms with Gasteiger partial charge < -0.3 is 4.74 Å². The molecule has 0 N–H and O–H groups in total. The van der Waals surface area contributed by atoms with Gasteiger partial charge >= 0.3 is 0 Å². The third-order valence-electron chi connectivity index (χ3n) is 1.13. The fraction of sp³-hybridized carbons (Fsp3) is 0.571. The molecule has 0 amide bonds. The summed E-state index contributed by atoms with van der Waals surface area (Å²) in [4.78, 5) is 4.05. The summed E-state index contributed by atoms with van der Waals surface area (Å²) in [6.45, 7) is 2.30. The van der Waals surface area contributed by atoms with E-state index in [0.717, 1.165) is 19.6 Å². The summed E-state index contributed by atoms with van der Waals surface area (Å²) in [7, 11) is 0. The highest BCUT2D eigenvalue weighted by Gasteiger charge is 1.84. The van der Waals surface area contributed by atoms with Gasteiger partial charge in [-0.2, -0.15) is 0 Å². The first-order valence-corrected chi connectivity index (χ1v) is 3.21. The van der Waals surface area contributed by atoms with Crippen LogP contribution >= 0.6 is 0 Å². The van der Waals surface area contributed by atoms with E-state index in [1.54, 1.807) is 0 Å². The van der Waals surface area contributed by atoms with Crippen molar-refractivity contribution in [2.24, 2.45) is 4.99 Å². The van der Waals surface area contributed by atoms with Crippen molar-refractivity contribution >= 4 is 6.21 Å². The van der Waals surface area contributed by atoms with Crippen molar-refractivity contribution in [2.45, 2.75) is 6.42 Å². The molecule has 0 aromatic rings. The predicted molar refractivity (Wildman–Crippen MR) is 37.9 cm³/mol. The van der Waals surface area contributed by atoms with Crippen molar-refractivity contribution in [3.63, 3.8) is 0 Å². The van der Waals surface area contributed by atoms with E-state index in [1.165, 1.54) is 0 Å². The third-order valence-corrected chi connectivity index (χ3v) is 1.13. The molecule has 0 radical (unpaired) electrons. The van der Waals surface area contributed by atoms with Gasteiger partial charge in [-0.25, -0.2) is 0 Å². The summed E-state index contributed by atoms with van der Waals surface area (Å²) < 4.78 is 5.15. The number of rotatable bonds is 0. The minimum Gasteiger partial charge on any atom is -0.376 e. The molecule has 1 aliphatic heterocycles. The van der Waals surface area contributed by atoms with Crippen molar-refractivity contribution in [3.05, 3.63) is 12.2 Å². The normalized spacial score (nSPS) is 20.4. The van der Waals surface area contributed by atoms with Crippen LogP contribution in [0.1, 0.15) is 6.42 Å². The number of nitrogens with zero attached hydrogens (tertiary/aromatic N) is 1. The number of hydrogen-bond acceptors (Lipinski definition) is 2. The molecule has 0 spiro atoms. The second-order valence-corrected chi connectivity index (χ2v) is 1.88. The van der Waals surface area contributed by atoms with E-state index in [1.807, 2.05) is 6.21 Å². The summed E-state index contributed by atoms with van der Waals surface area (Å²) in [6.07, 6.45) is 6.99. The van der Waals surface area contributed by atoms with Crippen molar-refractivity contribution in [3.8, 4) is 0 Å². The monoisotopic (exact) mass is 125 g/mol. The lowest BCUT2D eigenvalue weighted by Gasteiger charge is -1.93. The Bertz CT molecular complexity index is 104. The first-order valence-electron chi connectivity index (χ1n) is 3.21. The Morgan fingerprint density at radius 1 is 1.33 bits per heavy atom. The van der Waals surface area contributed by atoms with E-state index in [0.29, 0.717) is 6.61 Å². The number of ether oxygens (including phenoxy) is 1. The van der Waals surface area contributed by atoms with Gasteiger partial charge in [0.25, 0.3) is 0 Å². The lowest BCUT2D eigenvalue weighted by Crippen LogP contribution is -1.95. The quantitative estimate of drug-likeness (QED) is 0.443. The summed E-state index contributed by atoms with van der Waals surface area (Å²) in [5.41, 5.74) is 0. The Balaban J connectivity index is 2.28. The van der Waals surface area contributed by atoms with E-state index in [2.05, 4.69) is 17.1 Å². The lowest BCUT2D eigenvalue weighted by atomic mass is 10.4. The van der Waals surface area contributed by atoms with Gasteiger partial charge in [-0.05, 0) is 6.42 Å². The van der Waals surface area contributed by atoms with Crippen LogP contribution in [0.2, 0.25) is 0 Å². The van der Waals surface area contributed by atoms with Crippen LogP contribution < -0.4 is 0 Å². The van der Waals surface area contributed by atoms with Gasteiger partial charge in [-0.15, -0.1) is 0 Å². The zero-order valence-corrected chi connectivity index (χ0v) is 5.42. The molecule has 1 rings (SSSR count). The maximum atomic E-state index is 5.15. The summed E-state index contributed by atoms with van der Waals surface area (Å²) in [5.74, 6) is 0. The summed E-state index contributed by atoms with van der Waals surface area (Å²) >= 11 is 0. The fourth-order valence-corrected chi connectivity index (χ4v) is 0.668. The van der Waals surface area contributed by atoms with Crippen LogP contribution in [0.25, 0.3) is 0 Å². The highest BCUT2D eigenvalue weighted by molar-refractivity contribution is 5.58. The average molecular weight is 125 g/mol. The highest BCUT2D eigenvalue weighted by Crippen LogP contribution is 1.87. The van der Waals surface area contributed by atoms with Gasteiger partial charge in [-0.3, -0.25) is 4.99 Å². The number of hydrogen-bond donors (Lipinski definition) is 0. The molecule has 0 fully saturated rings. The summed E-state index contributed by atoms with van der Waals surface area (Å²) in [5, 5.41) is 0. The first kappa shape index (κ1) is 6.49.